The van der Waals surface area contributed by atoms with Gasteiger partial charge in [-0.05, 0) is 37.5 Å². The number of rotatable bonds is 5. The first-order chi connectivity index (χ1) is 6.66. The molecule has 1 aliphatic carbocycles. The van der Waals surface area contributed by atoms with Gasteiger partial charge in [0.2, 0.25) is 0 Å². The summed E-state index contributed by atoms with van der Waals surface area (Å²) >= 11 is 0. The van der Waals surface area contributed by atoms with E-state index in [0.717, 1.165) is 18.8 Å². The van der Waals surface area contributed by atoms with E-state index in [1.165, 1.54) is 32.1 Å². The Hall–Kier alpha value is -0.0400. The molecule has 0 aromatic rings. The highest BCUT2D eigenvalue weighted by atomic mass is 16.3. The average molecular weight is 198 g/mol. The van der Waals surface area contributed by atoms with Crippen molar-refractivity contribution >= 4 is 0 Å². The molecule has 0 spiro atoms. The van der Waals surface area contributed by atoms with Crippen LogP contribution < -0.4 is 0 Å². The van der Waals surface area contributed by atoms with Crippen LogP contribution >= 0.6 is 0 Å². The van der Waals surface area contributed by atoms with Crippen LogP contribution in [-0.4, -0.2) is 10.7 Å². The minimum atomic E-state index is -0.317. The van der Waals surface area contributed by atoms with Crippen molar-refractivity contribution in [3.63, 3.8) is 0 Å². The fourth-order valence-corrected chi connectivity index (χ4v) is 2.95. The maximum atomic E-state index is 10.4. The Kier molecular flexibility index (Phi) is 4.43. The minimum Gasteiger partial charge on any atom is -0.390 e. The summed E-state index contributed by atoms with van der Waals surface area (Å²) in [7, 11) is 0. The first-order valence-corrected chi connectivity index (χ1v) is 6.38. The Bertz CT molecular complexity index is 163. The molecule has 0 bridgehead atoms. The summed E-state index contributed by atoms with van der Waals surface area (Å²) in [5, 5.41) is 10.4. The van der Waals surface area contributed by atoms with E-state index >= 15 is 0 Å². The lowest BCUT2D eigenvalue weighted by molar-refractivity contribution is -0.0103. The van der Waals surface area contributed by atoms with Crippen LogP contribution in [0, 0.1) is 11.8 Å². The topological polar surface area (TPSA) is 20.2 Å². The SMILES string of the molecule is CCC(CC)CC1CCCC1(O)CC. The Balaban J connectivity index is 2.50. The number of hydrogen-bond donors (Lipinski definition) is 1. The van der Waals surface area contributed by atoms with Crippen LogP contribution in [0.25, 0.3) is 0 Å². The summed E-state index contributed by atoms with van der Waals surface area (Å²) in [4.78, 5) is 0. The van der Waals surface area contributed by atoms with E-state index in [4.69, 9.17) is 0 Å². The first-order valence-electron chi connectivity index (χ1n) is 6.38. The molecule has 2 unspecified atom stereocenters. The molecule has 2 atom stereocenters. The van der Waals surface area contributed by atoms with Gasteiger partial charge >= 0.3 is 0 Å². The summed E-state index contributed by atoms with van der Waals surface area (Å²) in [6.07, 6.45) is 8.25. The monoisotopic (exact) mass is 198 g/mol. The molecule has 1 nitrogen and oxygen atoms in total. The van der Waals surface area contributed by atoms with E-state index in [2.05, 4.69) is 20.8 Å². The van der Waals surface area contributed by atoms with Crippen molar-refractivity contribution in [1.29, 1.82) is 0 Å². The molecule has 0 aromatic carbocycles. The summed E-state index contributed by atoms with van der Waals surface area (Å²) < 4.78 is 0. The van der Waals surface area contributed by atoms with Gasteiger partial charge in [0.15, 0.2) is 0 Å². The van der Waals surface area contributed by atoms with Crippen LogP contribution in [0.1, 0.15) is 65.7 Å². The lowest BCUT2D eigenvalue weighted by atomic mass is 9.80. The van der Waals surface area contributed by atoms with Gasteiger partial charge in [-0.15, -0.1) is 0 Å². The minimum absolute atomic E-state index is 0.317. The number of aliphatic hydroxyl groups is 1. The molecule has 1 heteroatoms. The molecule has 0 saturated heterocycles. The lowest BCUT2D eigenvalue weighted by Gasteiger charge is -2.31. The Labute approximate surface area is 88.9 Å². The van der Waals surface area contributed by atoms with E-state index in [1.807, 2.05) is 0 Å². The zero-order valence-corrected chi connectivity index (χ0v) is 10.1. The molecule has 1 N–H and O–H groups in total. The zero-order chi connectivity index (χ0) is 10.6. The van der Waals surface area contributed by atoms with Crippen LogP contribution in [0.3, 0.4) is 0 Å². The van der Waals surface area contributed by atoms with E-state index in [0.29, 0.717) is 5.92 Å². The average Bonchev–Trinajstić information content (AvgIpc) is 2.57. The maximum absolute atomic E-state index is 10.4. The third-order valence-electron chi connectivity index (χ3n) is 4.31. The molecule has 1 fully saturated rings. The van der Waals surface area contributed by atoms with Gasteiger partial charge in [-0.2, -0.15) is 0 Å². The van der Waals surface area contributed by atoms with Crippen molar-refractivity contribution < 1.29 is 5.11 Å². The van der Waals surface area contributed by atoms with Crippen molar-refractivity contribution in [1.82, 2.24) is 0 Å². The van der Waals surface area contributed by atoms with Gasteiger partial charge in [0, 0.05) is 0 Å². The zero-order valence-electron chi connectivity index (χ0n) is 10.1. The molecule has 1 aliphatic rings. The van der Waals surface area contributed by atoms with Crippen LogP contribution in [0.15, 0.2) is 0 Å². The predicted molar refractivity (Wildman–Crippen MR) is 61.3 cm³/mol. The van der Waals surface area contributed by atoms with Crippen molar-refractivity contribution in [2.24, 2.45) is 11.8 Å². The lowest BCUT2D eigenvalue weighted by Crippen LogP contribution is -2.33. The highest BCUT2D eigenvalue weighted by Gasteiger charge is 2.39. The highest BCUT2D eigenvalue weighted by Crippen LogP contribution is 2.42. The van der Waals surface area contributed by atoms with Gasteiger partial charge in [-0.25, -0.2) is 0 Å². The van der Waals surface area contributed by atoms with Gasteiger partial charge in [-0.3, -0.25) is 0 Å². The summed E-state index contributed by atoms with van der Waals surface area (Å²) in [6.45, 7) is 6.67. The fourth-order valence-electron chi connectivity index (χ4n) is 2.95. The quantitative estimate of drug-likeness (QED) is 0.713. The molecule has 0 aromatic heterocycles. The third-order valence-corrected chi connectivity index (χ3v) is 4.31. The second-order valence-electron chi connectivity index (χ2n) is 4.96. The van der Waals surface area contributed by atoms with Crippen LogP contribution in [0.2, 0.25) is 0 Å². The Morgan fingerprint density at radius 3 is 2.43 bits per heavy atom. The molecule has 1 saturated carbocycles. The molecule has 0 amide bonds. The Morgan fingerprint density at radius 1 is 1.29 bits per heavy atom. The summed E-state index contributed by atoms with van der Waals surface area (Å²) in [6, 6.07) is 0. The molecule has 1 rings (SSSR count). The van der Waals surface area contributed by atoms with Crippen molar-refractivity contribution in [2.75, 3.05) is 0 Å². The molecular weight excluding hydrogens is 172 g/mol. The van der Waals surface area contributed by atoms with Crippen molar-refractivity contribution in [3.8, 4) is 0 Å². The second kappa shape index (κ2) is 5.16. The maximum Gasteiger partial charge on any atom is 0.0673 e. The third kappa shape index (κ3) is 2.50. The van der Waals surface area contributed by atoms with E-state index in [-0.39, 0.29) is 5.60 Å². The van der Waals surface area contributed by atoms with Crippen molar-refractivity contribution in [2.45, 2.75) is 71.3 Å². The largest absolute Gasteiger partial charge is 0.390 e. The van der Waals surface area contributed by atoms with Gasteiger partial charge < -0.3 is 5.11 Å². The summed E-state index contributed by atoms with van der Waals surface area (Å²) in [5.74, 6) is 1.41. The molecule has 0 heterocycles. The van der Waals surface area contributed by atoms with Crippen molar-refractivity contribution in [3.05, 3.63) is 0 Å². The van der Waals surface area contributed by atoms with Crippen LogP contribution in [0.4, 0.5) is 0 Å². The van der Waals surface area contributed by atoms with Gasteiger partial charge in [0.1, 0.15) is 0 Å². The summed E-state index contributed by atoms with van der Waals surface area (Å²) in [5.41, 5.74) is -0.317. The van der Waals surface area contributed by atoms with Crippen LogP contribution in [-0.2, 0) is 0 Å². The molecule has 0 aliphatic heterocycles. The Morgan fingerprint density at radius 2 is 1.93 bits per heavy atom. The van der Waals surface area contributed by atoms with Crippen LogP contribution in [0.5, 0.6) is 0 Å². The van der Waals surface area contributed by atoms with E-state index in [9.17, 15) is 5.11 Å². The molecule has 0 radical (unpaired) electrons. The van der Waals surface area contributed by atoms with Gasteiger partial charge in [0.25, 0.3) is 0 Å². The standard InChI is InChI=1S/C13H26O/c1-4-11(5-2)10-12-8-7-9-13(12,14)6-3/h11-12,14H,4-10H2,1-3H3. The van der Waals surface area contributed by atoms with Gasteiger partial charge in [0.05, 0.1) is 5.60 Å². The number of hydrogen-bond acceptors (Lipinski definition) is 1. The molecule has 84 valence electrons. The first kappa shape index (κ1) is 12.0. The smallest absolute Gasteiger partial charge is 0.0673 e. The highest BCUT2D eigenvalue weighted by molar-refractivity contribution is 4.91. The molecular formula is C13H26O. The normalized spacial score (nSPS) is 32.8. The van der Waals surface area contributed by atoms with E-state index in [1.54, 1.807) is 0 Å². The second-order valence-corrected chi connectivity index (χ2v) is 4.96. The fraction of sp³-hybridized carbons (Fsp3) is 1.00. The molecule has 14 heavy (non-hydrogen) atoms. The van der Waals surface area contributed by atoms with Gasteiger partial charge in [-0.1, -0.05) is 40.0 Å². The predicted octanol–water partition coefficient (Wildman–Crippen LogP) is 3.75. The van der Waals surface area contributed by atoms with E-state index < -0.39 is 0 Å².